The molecule has 1 aliphatic heterocycles. The molecular weight excluding hydrogens is 425 g/mol. The topological polar surface area (TPSA) is 84.5 Å². The Morgan fingerprint density at radius 1 is 1.25 bits per heavy atom. The molecule has 0 aromatic heterocycles. The Morgan fingerprint density at radius 2 is 1.91 bits per heavy atom. The van der Waals surface area contributed by atoms with Crippen LogP contribution in [0.2, 0.25) is 0 Å². The molecule has 1 heterocycles. The van der Waals surface area contributed by atoms with Gasteiger partial charge in [-0.3, -0.25) is 9.59 Å². The summed E-state index contributed by atoms with van der Waals surface area (Å²) in [5, 5.41) is 4.96. The lowest BCUT2D eigenvalue weighted by Gasteiger charge is -2.33. The lowest BCUT2D eigenvalue weighted by atomic mass is 9.79. The molecule has 9 heteroatoms. The first-order valence-corrected chi connectivity index (χ1v) is 10.8. The van der Waals surface area contributed by atoms with Gasteiger partial charge < -0.3 is 15.4 Å². The highest BCUT2D eigenvalue weighted by Crippen LogP contribution is 2.38. The zero-order valence-corrected chi connectivity index (χ0v) is 18.5. The van der Waals surface area contributed by atoms with Gasteiger partial charge in [0.1, 0.15) is 5.82 Å². The Morgan fingerprint density at radius 3 is 2.44 bits per heavy atom. The fourth-order valence-corrected chi connectivity index (χ4v) is 4.23. The smallest absolute Gasteiger partial charge is 0.408 e. The number of cyclic esters (lactones) is 1. The van der Waals surface area contributed by atoms with E-state index >= 15 is 0 Å². The zero-order chi connectivity index (χ0) is 23.7. The second-order valence-corrected chi connectivity index (χ2v) is 9.66. The highest BCUT2D eigenvalue weighted by atomic mass is 19.3. The third-order valence-corrected chi connectivity index (χ3v) is 6.07. The van der Waals surface area contributed by atoms with E-state index in [1.807, 2.05) is 20.8 Å². The summed E-state index contributed by atoms with van der Waals surface area (Å²) in [5.74, 6) is -4.74. The van der Waals surface area contributed by atoms with Crippen LogP contribution in [0.4, 0.5) is 18.0 Å². The van der Waals surface area contributed by atoms with Crippen molar-refractivity contribution in [1.82, 2.24) is 10.6 Å². The first-order valence-electron chi connectivity index (χ1n) is 10.8. The van der Waals surface area contributed by atoms with Crippen LogP contribution in [0.5, 0.6) is 0 Å². The second-order valence-electron chi connectivity index (χ2n) is 9.66. The van der Waals surface area contributed by atoms with Crippen molar-refractivity contribution < 1.29 is 32.3 Å². The number of nitrogens with one attached hydrogen (secondary N) is 2. The molecule has 1 aliphatic carbocycles. The maximum Gasteiger partial charge on any atom is 0.408 e. The van der Waals surface area contributed by atoms with Gasteiger partial charge in [0.05, 0.1) is 12.6 Å². The van der Waals surface area contributed by atoms with E-state index in [0.717, 1.165) is 0 Å². The monoisotopic (exact) mass is 454 g/mol. The third kappa shape index (κ3) is 5.81. The summed E-state index contributed by atoms with van der Waals surface area (Å²) in [4.78, 5) is 36.9. The zero-order valence-electron chi connectivity index (χ0n) is 18.5. The molecule has 2 amide bonds. The second kappa shape index (κ2) is 9.11. The molecule has 0 unspecified atom stereocenters. The van der Waals surface area contributed by atoms with Crippen LogP contribution in [0.15, 0.2) is 18.2 Å². The predicted molar refractivity (Wildman–Crippen MR) is 111 cm³/mol. The fraction of sp³-hybridized carbons (Fsp3) is 0.609. The number of rotatable bonds is 6. The lowest BCUT2D eigenvalue weighted by Crippen LogP contribution is -2.51. The molecule has 2 atom stereocenters. The number of alkyl carbamates (subject to hydrolysis) is 1. The Kier molecular flexibility index (Phi) is 6.86. The number of alkyl halides is 2. The van der Waals surface area contributed by atoms with Crippen molar-refractivity contribution in [1.29, 1.82) is 0 Å². The molecule has 176 valence electrons. The summed E-state index contributed by atoms with van der Waals surface area (Å²) < 4.78 is 46.7. The summed E-state index contributed by atoms with van der Waals surface area (Å²) in [6.07, 6.45) is -2.57. The number of ketones is 1. The molecule has 0 bridgehead atoms. The van der Waals surface area contributed by atoms with E-state index in [1.54, 1.807) is 12.1 Å². The van der Waals surface area contributed by atoms with Gasteiger partial charge in [0.2, 0.25) is 5.92 Å². The predicted octanol–water partition coefficient (Wildman–Crippen LogP) is 3.65. The van der Waals surface area contributed by atoms with E-state index in [1.165, 1.54) is 6.07 Å². The average Bonchev–Trinajstić information content (AvgIpc) is 3.12. The van der Waals surface area contributed by atoms with E-state index in [-0.39, 0.29) is 38.6 Å². The molecular formula is C23H29F3N2O4. The first kappa shape index (κ1) is 24.1. The van der Waals surface area contributed by atoms with Crippen molar-refractivity contribution in [3.05, 3.63) is 35.1 Å². The molecule has 1 saturated carbocycles. The van der Waals surface area contributed by atoms with Crippen LogP contribution in [-0.2, 0) is 26.2 Å². The molecule has 3 rings (SSSR count). The lowest BCUT2D eigenvalue weighted by molar-refractivity contribution is -0.134. The molecule has 0 spiro atoms. The number of amides is 2. The van der Waals surface area contributed by atoms with Gasteiger partial charge in [0, 0.05) is 19.3 Å². The van der Waals surface area contributed by atoms with Crippen molar-refractivity contribution >= 4 is 17.8 Å². The minimum absolute atomic E-state index is 0.0339. The van der Waals surface area contributed by atoms with Crippen molar-refractivity contribution in [2.45, 2.75) is 76.4 Å². The maximum absolute atomic E-state index is 14.6. The highest BCUT2D eigenvalue weighted by Gasteiger charge is 2.41. The van der Waals surface area contributed by atoms with Gasteiger partial charge in [-0.1, -0.05) is 32.9 Å². The summed E-state index contributed by atoms with van der Waals surface area (Å²) in [6, 6.07) is 3.58. The number of ether oxygens (including phenoxy) is 1. The summed E-state index contributed by atoms with van der Waals surface area (Å²) >= 11 is 0. The summed E-state index contributed by atoms with van der Waals surface area (Å²) in [6.45, 7) is 5.61. The van der Waals surface area contributed by atoms with Crippen molar-refractivity contribution in [3.8, 4) is 0 Å². The molecule has 1 aromatic carbocycles. The van der Waals surface area contributed by atoms with Gasteiger partial charge >= 0.3 is 6.09 Å². The fourth-order valence-electron chi connectivity index (χ4n) is 4.23. The Labute approximate surface area is 185 Å². The molecule has 1 saturated heterocycles. The van der Waals surface area contributed by atoms with Crippen LogP contribution in [0.3, 0.4) is 0 Å². The number of Topliss-reactive ketones (excluding diaryl/α,β-unsaturated/α-hetero) is 1. The number of hydrogen-bond acceptors (Lipinski definition) is 4. The molecule has 2 fully saturated rings. The molecule has 1 aromatic rings. The molecule has 6 nitrogen and oxygen atoms in total. The number of carbonyl (C=O) groups is 3. The van der Waals surface area contributed by atoms with Gasteiger partial charge in [-0.15, -0.1) is 0 Å². The quantitative estimate of drug-likeness (QED) is 0.687. The molecule has 32 heavy (non-hydrogen) atoms. The first-order chi connectivity index (χ1) is 14.9. The van der Waals surface area contributed by atoms with E-state index in [0.29, 0.717) is 11.1 Å². The van der Waals surface area contributed by atoms with Crippen LogP contribution in [0.1, 0.15) is 57.6 Å². The SMILES string of the molecule is CC(C)(C)c1ccc(CC(=O)[C@H](NC(=O)[C@@H]2CNC(=O)O2)C2CCC(F)(F)CC2)cc1F. The standard InChI is InChI=1S/C23H29F3N2O4/c1-22(2,3)15-5-4-13(10-16(15)24)11-17(29)19(14-6-8-23(25,26)9-7-14)28-20(30)18-12-27-21(31)32-18/h4-5,10,14,18-19H,6-9,11-12H2,1-3H3,(H,27,31)(H,28,30)/t18-,19+/m0/s1. The Hall–Kier alpha value is -2.58. The minimum atomic E-state index is -2.79. The third-order valence-electron chi connectivity index (χ3n) is 6.07. The largest absolute Gasteiger partial charge is 0.434 e. The van der Waals surface area contributed by atoms with Crippen molar-refractivity contribution in [2.24, 2.45) is 5.92 Å². The van der Waals surface area contributed by atoms with Crippen LogP contribution < -0.4 is 10.6 Å². The minimum Gasteiger partial charge on any atom is -0.434 e. The van der Waals surface area contributed by atoms with Gasteiger partial charge in [0.15, 0.2) is 11.9 Å². The number of carbonyl (C=O) groups excluding carboxylic acids is 3. The number of benzene rings is 1. The van der Waals surface area contributed by atoms with Crippen molar-refractivity contribution in [3.63, 3.8) is 0 Å². The van der Waals surface area contributed by atoms with Crippen molar-refractivity contribution in [2.75, 3.05) is 6.54 Å². The normalized spacial score (nSPS) is 22.1. The Balaban J connectivity index is 1.76. The van der Waals surface area contributed by atoms with E-state index < -0.39 is 53.0 Å². The van der Waals surface area contributed by atoms with Crippen LogP contribution in [0, 0.1) is 11.7 Å². The number of halogens is 3. The van der Waals surface area contributed by atoms with Gasteiger partial charge in [-0.25, -0.2) is 18.0 Å². The van der Waals surface area contributed by atoms with Crippen LogP contribution >= 0.6 is 0 Å². The highest BCUT2D eigenvalue weighted by molar-refractivity contribution is 5.93. The summed E-state index contributed by atoms with van der Waals surface area (Å²) in [5.41, 5.74) is 0.557. The van der Waals surface area contributed by atoms with Crippen LogP contribution in [0.25, 0.3) is 0 Å². The summed E-state index contributed by atoms with van der Waals surface area (Å²) in [7, 11) is 0. The molecule has 2 aliphatic rings. The van der Waals surface area contributed by atoms with Gasteiger partial charge in [-0.05, 0) is 41.4 Å². The Bertz CT molecular complexity index is 888. The molecule has 2 N–H and O–H groups in total. The van der Waals surface area contributed by atoms with E-state index in [2.05, 4.69) is 10.6 Å². The van der Waals surface area contributed by atoms with Gasteiger partial charge in [0.25, 0.3) is 5.91 Å². The number of hydrogen-bond donors (Lipinski definition) is 2. The van der Waals surface area contributed by atoms with Crippen LogP contribution in [-0.4, -0.2) is 42.4 Å². The van der Waals surface area contributed by atoms with E-state index in [4.69, 9.17) is 4.74 Å². The van der Waals surface area contributed by atoms with Gasteiger partial charge in [-0.2, -0.15) is 0 Å². The van der Waals surface area contributed by atoms with E-state index in [9.17, 15) is 27.6 Å². The average molecular weight is 454 g/mol. The maximum atomic E-state index is 14.6. The molecule has 0 radical (unpaired) electrons.